The maximum absolute atomic E-state index is 13.8. The second kappa shape index (κ2) is 10.4. The molecule has 2 aromatic rings. The van der Waals surface area contributed by atoms with E-state index in [2.05, 4.69) is 4.90 Å². The van der Waals surface area contributed by atoms with Gasteiger partial charge in [-0.2, -0.15) is 0 Å². The maximum atomic E-state index is 13.8. The van der Waals surface area contributed by atoms with Gasteiger partial charge in [-0.25, -0.2) is 4.79 Å². The number of carbonyl (C=O) groups is 1. The van der Waals surface area contributed by atoms with E-state index in [4.69, 9.17) is 4.74 Å². The van der Waals surface area contributed by atoms with Crippen molar-refractivity contribution in [1.29, 1.82) is 0 Å². The van der Waals surface area contributed by atoms with Crippen molar-refractivity contribution in [1.82, 2.24) is 14.0 Å². The first-order valence-corrected chi connectivity index (χ1v) is 14.7. The Balaban J connectivity index is 1.33. The van der Waals surface area contributed by atoms with E-state index in [1.54, 1.807) is 25.1 Å². The van der Waals surface area contributed by atoms with Crippen molar-refractivity contribution >= 4 is 16.9 Å². The largest absolute Gasteiger partial charge is 0.465 e. The number of ether oxygens (including phenoxy) is 1. The smallest absolute Gasteiger partial charge is 0.332 e. The molecule has 4 fully saturated rings. The van der Waals surface area contributed by atoms with Crippen molar-refractivity contribution in [3.63, 3.8) is 0 Å². The lowest BCUT2D eigenvalue weighted by molar-refractivity contribution is -0.143. The highest BCUT2D eigenvalue weighted by molar-refractivity contribution is 5.80. The Hall–Kier alpha value is -2.41. The molecule has 2 aliphatic carbocycles. The molecule has 0 radical (unpaired) electrons. The molecule has 3 heterocycles. The van der Waals surface area contributed by atoms with E-state index in [9.17, 15) is 14.4 Å². The molecule has 2 aliphatic heterocycles. The number of rotatable bonds is 5. The fourth-order valence-electron chi connectivity index (χ4n) is 8.46. The second-order valence-electron chi connectivity index (χ2n) is 12.1. The third-order valence-corrected chi connectivity index (χ3v) is 9.82. The van der Waals surface area contributed by atoms with Crippen LogP contribution in [0.2, 0.25) is 0 Å². The Bertz CT molecular complexity index is 1240. The van der Waals surface area contributed by atoms with Crippen LogP contribution in [0, 0.1) is 11.8 Å². The summed E-state index contributed by atoms with van der Waals surface area (Å²) in [6.45, 7) is 1.84. The van der Waals surface area contributed by atoms with Crippen molar-refractivity contribution in [3.8, 4) is 0 Å². The van der Waals surface area contributed by atoms with E-state index in [0.717, 1.165) is 37.5 Å². The van der Waals surface area contributed by atoms with Crippen molar-refractivity contribution in [2.45, 2.75) is 115 Å². The first-order valence-electron chi connectivity index (χ1n) is 14.7. The predicted molar refractivity (Wildman–Crippen MR) is 144 cm³/mol. The number of benzene rings is 1. The predicted octanol–water partition coefficient (Wildman–Crippen LogP) is 4.64. The molecular formula is C30H41N3O4. The lowest BCUT2D eigenvalue weighted by Gasteiger charge is -2.54. The van der Waals surface area contributed by atoms with Crippen LogP contribution in [0.15, 0.2) is 33.9 Å². The summed E-state index contributed by atoms with van der Waals surface area (Å²) in [7, 11) is 0. The number of hydrogen-bond acceptors (Lipinski definition) is 5. The molecule has 0 N–H and O–H groups in total. The number of fused-ring (bicyclic) bond motifs is 5. The Morgan fingerprint density at radius 1 is 0.838 bits per heavy atom. The standard InChI is InChI=1S/C30H41N3O4/c1-2-37-28(34)19-31-27-13-6-5-12-26(27)29(35)33(30(31)36)25-17-22-10-7-11-23(18-25)32(22)24-15-20-8-3-4-9-21(14-20)16-24/h5-6,12-13,20-25H,2-4,7-11,14-19H2,1H3/t20-,21+,22-,23+,24+,25-. The summed E-state index contributed by atoms with van der Waals surface area (Å²) in [5.41, 5.74) is -0.0953. The number of aromatic nitrogens is 2. The van der Waals surface area contributed by atoms with Crippen LogP contribution in [-0.2, 0) is 16.1 Å². The van der Waals surface area contributed by atoms with Gasteiger partial charge in [0.15, 0.2) is 0 Å². The van der Waals surface area contributed by atoms with Crippen LogP contribution in [-0.4, -0.2) is 44.7 Å². The molecule has 1 aromatic heterocycles. The van der Waals surface area contributed by atoms with Gasteiger partial charge in [-0.3, -0.25) is 23.6 Å². The van der Waals surface area contributed by atoms with Gasteiger partial charge in [0.05, 0.1) is 17.5 Å². The maximum Gasteiger partial charge on any atom is 0.332 e. The number of esters is 1. The summed E-state index contributed by atoms with van der Waals surface area (Å²) in [5, 5.41) is 0.496. The number of nitrogens with zero attached hydrogens (tertiary/aromatic N) is 3. The van der Waals surface area contributed by atoms with Gasteiger partial charge in [-0.05, 0) is 75.8 Å². The van der Waals surface area contributed by atoms with Crippen molar-refractivity contribution in [3.05, 3.63) is 45.1 Å². The van der Waals surface area contributed by atoms with Gasteiger partial charge in [0, 0.05) is 24.2 Å². The zero-order chi connectivity index (χ0) is 25.5. The van der Waals surface area contributed by atoms with E-state index in [1.807, 2.05) is 6.07 Å². The van der Waals surface area contributed by atoms with Crippen LogP contribution >= 0.6 is 0 Å². The van der Waals surface area contributed by atoms with Crippen LogP contribution in [0.4, 0.5) is 0 Å². The summed E-state index contributed by atoms with van der Waals surface area (Å²) in [5.74, 6) is 1.30. The molecule has 200 valence electrons. The van der Waals surface area contributed by atoms with E-state index in [-0.39, 0.29) is 30.4 Å². The highest BCUT2D eigenvalue weighted by Crippen LogP contribution is 2.46. The normalized spacial score (nSPS) is 32.1. The number of hydrogen-bond donors (Lipinski definition) is 0. The lowest BCUT2D eigenvalue weighted by Crippen LogP contribution is -2.59. The lowest BCUT2D eigenvalue weighted by atomic mass is 9.73. The van der Waals surface area contributed by atoms with Crippen molar-refractivity contribution in [2.24, 2.45) is 11.8 Å². The van der Waals surface area contributed by atoms with E-state index < -0.39 is 5.97 Å². The number of piperidine rings is 2. The van der Waals surface area contributed by atoms with Crippen LogP contribution in [0.1, 0.15) is 90.0 Å². The van der Waals surface area contributed by atoms with Crippen molar-refractivity contribution < 1.29 is 9.53 Å². The minimum absolute atomic E-state index is 0.129. The van der Waals surface area contributed by atoms with E-state index >= 15 is 0 Å². The Morgan fingerprint density at radius 2 is 1.51 bits per heavy atom. The van der Waals surface area contributed by atoms with Crippen LogP contribution in [0.5, 0.6) is 0 Å². The zero-order valence-electron chi connectivity index (χ0n) is 22.1. The molecule has 37 heavy (non-hydrogen) atoms. The number of para-hydroxylation sites is 1. The van der Waals surface area contributed by atoms with Gasteiger partial charge < -0.3 is 4.74 Å². The highest BCUT2D eigenvalue weighted by atomic mass is 16.5. The molecule has 2 saturated heterocycles. The minimum atomic E-state index is -0.453. The Morgan fingerprint density at radius 3 is 2.19 bits per heavy atom. The van der Waals surface area contributed by atoms with Crippen LogP contribution in [0.3, 0.4) is 0 Å². The number of carbonyl (C=O) groups excluding carboxylic acids is 1. The topological polar surface area (TPSA) is 73.5 Å². The molecule has 4 aliphatic rings. The quantitative estimate of drug-likeness (QED) is 0.551. The Labute approximate surface area is 218 Å². The summed E-state index contributed by atoms with van der Waals surface area (Å²) in [6.07, 6.45) is 14.9. The summed E-state index contributed by atoms with van der Waals surface area (Å²) >= 11 is 0. The molecule has 0 unspecified atom stereocenters. The SMILES string of the molecule is CCOC(=O)Cn1c(=O)n([C@@H]2C[C@H]3CCC[C@@H](C2)N3[C@H]2C[C@@H]3CCCC[C@@H](C3)C2)c(=O)c2ccccc21. The first kappa shape index (κ1) is 24.9. The molecule has 2 saturated carbocycles. The highest BCUT2D eigenvalue weighted by Gasteiger charge is 2.45. The fourth-order valence-corrected chi connectivity index (χ4v) is 8.46. The van der Waals surface area contributed by atoms with Crippen LogP contribution < -0.4 is 11.2 Å². The molecule has 7 nitrogen and oxygen atoms in total. The van der Waals surface area contributed by atoms with E-state index in [1.165, 1.54) is 60.5 Å². The van der Waals surface area contributed by atoms with Gasteiger partial charge in [-0.1, -0.05) is 44.2 Å². The molecule has 6 rings (SSSR count). The third-order valence-electron chi connectivity index (χ3n) is 9.82. The van der Waals surface area contributed by atoms with Gasteiger partial charge in [0.25, 0.3) is 5.56 Å². The van der Waals surface area contributed by atoms with Gasteiger partial charge in [0.1, 0.15) is 6.54 Å². The fraction of sp³-hybridized carbons (Fsp3) is 0.700. The average molecular weight is 508 g/mol. The molecular weight excluding hydrogens is 466 g/mol. The monoisotopic (exact) mass is 507 g/mol. The molecule has 7 heteroatoms. The van der Waals surface area contributed by atoms with Gasteiger partial charge in [-0.15, -0.1) is 0 Å². The second-order valence-corrected chi connectivity index (χ2v) is 12.1. The molecule has 0 amide bonds. The van der Waals surface area contributed by atoms with Crippen LogP contribution in [0.25, 0.3) is 10.9 Å². The zero-order valence-corrected chi connectivity index (χ0v) is 22.1. The van der Waals surface area contributed by atoms with Gasteiger partial charge in [0.2, 0.25) is 0 Å². The summed E-state index contributed by atoms with van der Waals surface area (Å²) in [6, 6.07) is 8.54. The minimum Gasteiger partial charge on any atom is -0.465 e. The van der Waals surface area contributed by atoms with Gasteiger partial charge >= 0.3 is 11.7 Å². The molecule has 4 bridgehead atoms. The first-order chi connectivity index (χ1) is 18.0. The summed E-state index contributed by atoms with van der Waals surface area (Å²) in [4.78, 5) is 42.8. The molecule has 6 atom stereocenters. The van der Waals surface area contributed by atoms with E-state index in [0.29, 0.717) is 29.0 Å². The molecule has 1 aromatic carbocycles. The third kappa shape index (κ3) is 4.68. The summed E-state index contributed by atoms with van der Waals surface area (Å²) < 4.78 is 8.09. The molecule has 0 spiro atoms. The average Bonchev–Trinajstić information content (AvgIpc) is 3.05. The van der Waals surface area contributed by atoms with Crippen molar-refractivity contribution in [2.75, 3.05) is 6.61 Å². The Kier molecular flexibility index (Phi) is 6.99.